The molecule has 0 aliphatic heterocycles. The van der Waals surface area contributed by atoms with Crippen LogP contribution in [0.3, 0.4) is 0 Å². The molecule has 0 saturated carbocycles. The van der Waals surface area contributed by atoms with E-state index in [1.165, 1.54) is 24.3 Å². The van der Waals surface area contributed by atoms with E-state index < -0.39 is 20.2 Å². The maximum atomic E-state index is 12.6. The quantitative estimate of drug-likeness (QED) is 0.0423. The molecule has 1 aromatic heterocycles. The van der Waals surface area contributed by atoms with Gasteiger partial charge in [0.25, 0.3) is 20.2 Å². The lowest BCUT2D eigenvalue weighted by Gasteiger charge is -2.15. The molecule has 1 heterocycles. The summed E-state index contributed by atoms with van der Waals surface area (Å²) < 4.78 is 71.6. The first-order chi connectivity index (χ1) is 22.5. The summed E-state index contributed by atoms with van der Waals surface area (Å²) in [5, 5.41) is 7.17. The Morgan fingerprint density at radius 1 is 0.617 bits per heavy atom. The Hall–Kier alpha value is -5.60. The van der Waals surface area contributed by atoms with E-state index in [0.29, 0.717) is 44.5 Å². The lowest BCUT2D eigenvalue weighted by molar-refractivity contribution is -0.538. The summed E-state index contributed by atoms with van der Waals surface area (Å²) in [6, 6.07) is 34.6. The minimum Gasteiger partial charge on any atom is -0.399 e. The van der Waals surface area contributed by atoms with Gasteiger partial charge in [-0.05, 0) is 48.5 Å². The van der Waals surface area contributed by atoms with Crippen molar-refractivity contribution < 1.29 is 30.5 Å². The largest absolute Gasteiger partial charge is 0.399 e. The number of nitrogens with zero attached hydrogens (tertiary/aromatic N) is 2. The SMILES string of the molecule is Nc1ccc(Nc2ccc3nc4c5cccc(S(=O)(=O)O)c5c(Nc5ccccc5)cc4[n+](-c4ccccc4)c3c2)c(S(=O)(=O)O)c1. The van der Waals surface area contributed by atoms with E-state index in [1.54, 1.807) is 36.4 Å². The van der Waals surface area contributed by atoms with Gasteiger partial charge in [0.1, 0.15) is 20.8 Å². The molecule has 11 nitrogen and oxygen atoms in total. The van der Waals surface area contributed by atoms with Crippen molar-refractivity contribution in [3.05, 3.63) is 121 Å². The number of benzene rings is 6. The standard InChI is InChI=1S/C34H25N5O6S2/c35-21-14-16-27(32(18-21)47(43,44)45)37-23-15-17-26-29(19-23)39(24-10-5-2-6-11-24)30-20-28(36-22-8-3-1-4-9-22)33-25(34(30)38-26)12-7-13-31(33)46(40,41)42/h1-20H,(H5,35,36,37,38,40,41,42,43,44,45)/p+1. The Morgan fingerprint density at radius 3 is 2.00 bits per heavy atom. The average Bonchev–Trinajstić information content (AvgIpc) is 3.04. The van der Waals surface area contributed by atoms with Gasteiger partial charge in [0.05, 0.1) is 11.4 Å². The fourth-order valence-corrected chi connectivity index (χ4v) is 7.10. The zero-order valence-corrected chi connectivity index (χ0v) is 26.0. The molecular formula is C34H26N5O6S2+. The Morgan fingerprint density at radius 2 is 1.30 bits per heavy atom. The van der Waals surface area contributed by atoms with E-state index in [-0.39, 0.29) is 26.6 Å². The number of nitrogens with two attached hydrogens (primary N) is 1. The monoisotopic (exact) mass is 664 g/mol. The molecule has 0 unspecified atom stereocenters. The molecule has 6 aromatic carbocycles. The maximum absolute atomic E-state index is 12.6. The third-order valence-electron chi connectivity index (χ3n) is 7.67. The first kappa shape index (κ1) is 30.1. The van der Waals surface area contributed by atoms with Gasteiger partial charge in [0.15, 0.2) is 0 Å². The fraction of sp³-hybridized carbons (Fsp3) is 0. The van der Waals surface area contributed by atoms with Gasteiger partial charge in [0, 0.05) is 52.1 Å². The van der Waals surface area contributed by atoms with E-state index in [4.69, 9.17) is 10.7 Å². The van der Waals surface area contributed by atoms with Gasteiger partial charge in [0.2, 0.25) is 16.7 Å². The smallest absolute Gasteiger partial charge is 0.296 e. The molecule has 234 valence electrons. The zero-order valence-electron chi connectivity index (χ0n) is 24.4. The van der Waals surface area contributed by atoms with E-state index in [9.17, 15) is 25.9 Å². The minimum absolute atomic E-state index is 0.124. The second-order valence-corrected chi connectivity index (χ2v) is 13.6. The van der Waals surface area contributed by atoms with Gasteiger partial charge in [-0.15, -0.1) is 4.57 Å². The second-order valence-electron chi connectivity index (χ2n) is 10.8. The van der Waals surface area contributed by atoms with Crippen LogP contribution in [0.25, 0.3) is 38.5 Å². The third-order valence-corrected chi connectivity index (χ3v) is 9.46. The first-order valence-corrected chi connectivity index (χ1v) is 17.1. The lowest BCUT2D eigenvalue weighted by atomic mass is 10.0. The number of nitrogens with one attached hydrogen (secondary N) is 2. The predicted molar refractivity (Wildman–Crippen MR) is 182 cm³/mol. The van der Waals surface area contributed by atoms with Crippen LogP contribution in [0, 0.1) is 0 Å². The molecule has 47 heavy (non-hydrogen) atoms. The van der Waals surface area contributed by atoms with E-state index in [2.05, 4.69) is 10.6 Å². The molecule has 6 N–H and O–H groups in total. The summed E-state index contributed by atoms with van der Waals surface area (Å²) in [5.74, 6) is 0. The Bertz CT molecular complexity index is 2580. The number of hydrogen-bond acceptors (Lipinski definition) is 8. The van der Waals surface area contributed by atoms with Crippen molar-refractivity contribution in [2.75, 3.05) is 16.4 Å². The number of nitrogen functional groups attached to an aromatic ring is 1. The molecular weight excluding hydrogens is 639 g/mol. The number of para-hydroxylation sites is 2. The second kappa shape index (κ2) is 11.3. The highest BCUT2D eigenvalue weighted by Gasteiger charge is 2.26. The van der Waals surface area contributed by atoms with Crippen molar-refractivity contribution in [1.29, 1.82) is 0 Å². The molecule has 7 aromatic rings. The molecule has 0 saturated heterocycles. The highest BCUT2D eigenvalue weighted by atomic mass is 32.2. The highest BCUT2D eigenvalue weighted by molar-refractivity contribution is 7.86. The molecule has 0 atom stereocenters. The van der Waals surface area contributed by atoms with Gasteiger partial charge in [-0.1, -0.05) is 48.5 Å². The third kappa shape index (κ3) is 5.68. The fourth-order valence-electron chi connectivity index (χ4n) is 5.69. The number of aromatic nitrogens is 2. The summed E-state index contributed by atoms with van der Waals surface area (Å²) in [6.07, 6.45) is 0. The normalized spacial score (nSPS) is 12.0. The Labute approximate surface area is 269 Å². The van der Waals surface area contributed by atoms with Crippen LogP contribution in [0.15, 0.2) is 131 Å². The van der Waals surface area contributed by atoms with Gasteiger partial charge in [-0.25, -0.2) is 4.98 Å². The van der Waals surface area contributed by atoms with Gasteiger partial charge in [-0.3, -0.25) is 9.11 Å². The number of rotatable bonds is 7. The van der Waals surface area contributed by atoms with Crippen LogP contribution in [-0.2, 0) is 20.2 Å². The number of hydrogen-bond donors (Lipinski definition) is 5. The molecule has 0 aliphatic rings. The van der Waals surface area contributed by atoms with Crippen molar-refractivity contribution in [2.24, 2.45) is 0 Å². The Balaban J connectivity index is 1.55. The summed E-state index contributed by atoms with van der Waals surface area (Å²) >= 11 is 0. The molecule has 13 heteroatoms. The minimum atomic E-state index is -4.62. The van der Waals surface area contributed by atoms with Gasteiger partial charge in [-0.2, -0.15) is 16.8 Å². The van der Waals surface area contributed by atoms with Crippen LogP contribution in [0.1, 0.15) is 0 Å². The van der Waals surface area contributed by atoms with Crippen LogP contribution in [-0.4, -0.2) is 30.9 Å². The molecule has 7 rings (SSSR count). The summed E-state index contributed by atoms with van der Waals surface area (Å²) in [7, 11) is -9.21. The summed E-state index contributed by atoms with van der Waals surface area (Å²) in [4.78, 5) is 4.34. The molecule has 0 spiro atoms. The predicted octanol–water partition coefficient (Wildman–Crippen LogP) is 6.38. The molecule has 0 fully saturated rings. The van der Waals surface area contributed by atoms with Crippen molar-refractivity contribution in [3.63, 3.8) is 0 Å². The van der Waals surface area contributed by atoms with Crippen molar-refractivity contribution >= 4 is 81.5 Å². The van der Waals surface area contributed by atoms with Crippen LogP contribution < -0.4 is 20.9 Å². The van der Waals surface area contributed by atoms with E-state index >= 15 is 0 Å². The first-order valence-electron chi connectivity index (χ1n) is 14.2. The number of anilines is 5. The van der Waals surface area contributed by atoms with Crippen LogP contribution in [0.4, 0.5) is 28.4 Å². The summed E-state index contributed by atoms with van der Waals surface area (Å²) in [5.41, 5.74) is 10.7. The molecule has 0 bridgehead atoms. The van der Waals surface area contributed by atoms with E-state index in [1.807, 2.05) is 65.2 Å². The van der Waals surface area contributed by atoms with Crippen molar-refractivity contribution in [1.82, 2.24) is 4.98 Å². The van der Waals surface area contributed by atoms with Crippen molar-refractivity contribution in [2.45, 2.75) is 9.79 Å². The van der Waals surface area contributed by atoms with Crippen LogP contribution in [0.5, 0.6) is 0 Å². The molecule has 0 radical (unpaired) electrons. The maximum Gasteiger partial charge on any atom is 0.296 e. The Kier molecular flexibility index (Phi) is 7.25. The topological polar surface area (TPSA) is 176 Å². The highest BCUT2D eigenvalue weighted by Crippen LogP contribution is 2.37. The number of fused-ring (bicyclic) bond motifs is 4. The van der Waals surface area contributed by atoms with Crippen LogP contribution >= 0.6 is 0 Å². The zero-order chi connectivity index (χ0) is 32.9. The van der Waals surface area contributed by atoms with Crippen LogP contribution in [0.2, 0.25) is 0 Å². The molecule has 0 amide bonds. The van der Waals surface area contributed by atoms with Gasteiger partial charge >= 0.3 is 0 Å². The van der Waals surface area contributed by atoms with E-state index in [0.717, 1.165) is 5.69 Å². The average molecular weight is 665 g/mol. The van der Waals surface area contributed by atoms with Crippen molar-refractivity contribution in [3.8, 4) is 5.69 Å². The van der Waals surface area contributed by atoms with Gasteiger partial charge < -0.3 is 16.4 Å². The lowest BCUT2D eigenvalue weighted by Crippen LogP contribution is -2.33. The summed E-state index contributed by atoms with van der Waals surface area (Å²) in [6.45, 7) is 0. The molecule has 0 aliphatic carbocycles.